The summed E-state index contributed by atoms with van der Waals surface area (Å²) in [6.07, 6.45) is 2.77. The normalized spacial score (nSPS) is 19.0. The zero-order chi connectivity index (χ0) is 15.4. The molecule has 7 heteroatoms. The van der Waals surface area contributed by atoms with E-state index in [1.165, 1.54) is 23.1 Å². The fraction of sp³-hybridized carbons (Fsp3) is 0.429. The van der Waals surface area contributed by atoms with E-state index in [9.17, 15) is 19.1 Å². The minimum absolute atomic E-state index is 0.0547. The van der Waals surface area contributed by atoms with Gasteiger partial charge in [0, 0.05) is 6.54 Å². The molecule has 5 nitrogen and oxygen atoms in total. The lowest BCUT2D eigenvalue weighted by molar-refractivity contribution is -0.142. The van der Waals surface area contributed by atoms with Gasteiger partial charge in [-0.15, -0.1) is 0 Å². The number of anilines is 1. The van der Waals surface area contributed by atoms with E-state index in [-0.39, 0.29) is 10.7 Å². The second-order valence-electron chi connectivity index (χ2n) is 4.93. The number of rotatable bonds is 2. The summed E-state index contributed by atoms with van der Waals surface area (Å²) in [4.78, 5) is 24.8. The molecule has 2 rings (SSSR count). The number of amides is 2. The number of nitrogens with one attached hydrogen (secondary N) is 1. The van der Waals surface area contributed by atoms with Crippen LogP contribution in [-0.4, -0.2) is 34.6 Å². The van der Waals surface area contributed by atoms with Crippen molar-refractivity contribution in [3.05, 3.63) is 29.0 Å². The molecule has 1 aliphatic heterocycles. The summed E-state index contributed by atoms with van der Waals surface area (Å²) in [6, 6.07) is 2.77. The largest absolute Gasteiger partial charge is 0.480 e. The predicted molar refractivity (Wildman–Crippen MR) is 77.0 cm³/mol. The standard InChI is InChI=1S/C14H16ClFN2O3/c15-9-5-4-6-10(12(9)16)17-14(21)18-8-3-1-2-7-11(18)13(19)20/h4-6,11H,1-3,7-8H2,(H,17,21)(H,19,20). The summed E-state index contributed by atoms with van der Waals surface area (Å²) >= 11 is 5.65. The lowest BCUT2D eigenvalue weighted by Crippen LogP contribution is -2.46. The van der Waals surface area contributed by atoms with Crippen molar-refractivity contribution in [1.29, 1.82) is 0 Å². The first kappa shape index (κ1) is 15.6. The van der Waals surface area contributed by atoms with E-state index in [1.807, 2.05) is 0 Å². The van der Waals surface area contributed by atoms with Gasteiger partial charge in [0.2, 0.25) is 0 Å². The fourth-order valence-corrected chi connectivity index (χ4v) is 2.57. The Morgan fingerprint density at radius 2 is 2.10 bits per heavy atom. The van der Waals surface area contributed by atoms with E-state index in [1.54, 1.807) is 0 Å². The summed E-state index contributed by atoms with van der Waals surface area (Å²) in [6.45, 7) is 0.338. The number of carboxylic acids is 1. The smallest absolute Gasteiger partial charge is 0.326 e. The van der Waals surface area contributed by atoms with E-state index in [4.69, 9.17) is 11.6 Å². The Bertz CT molecular complexity index is 553. The number of hydrogen-bond acceptors (Lipinski definition) is 2. The van der Waals surface area contributed by atoms with E-state index in [0.29, 0.717) is 13.0 Å². The number of nitrogens with zero attached hydrogens (tertiary/aromatic N) is 1. The van der Waals surface area contributed by atoms with Crippen LogP contribution < -0.4 is 5.32 Å². The summed E-state index contributed by atoms with van der Waals surface area (Å²) in [5.74, 6) is -1.77. The minimum atomic E-state index is -1.04. The Hall–Kier alpha value is -1.82. The van der Waals surface area contributed by atoms with E-state index >= 15 is 0 Å². The molecule has 1 fully saturated rings. The van der Waals surface area contributed by atoms with Crippen LogP contribution in [0.1, 0.15) is 25.7 Å². The number of benzene rings is 1. The van der Waals surface area contributed by atoms with Gasteiger partial charge in [-0.25, -0.2) is 14.0 Å². The summed E-state index contributed by atoms with van der Waals surface area (Å²) in [5, 5.41) is 11.5. The van der Waals surface area contributed by atoms with Crippen LogP contribution in [0.2, 0.25) is 5.02 Å². The number of aliphatic carboxylic acids is 1. The summed E-state index contributed by atoms with van der Waals surface area (Å²) in [7, 11) is 0. The molecule has 0 aromatic heterocycles. The van der Waals surface area contributed by atoms with E-state index in [2.05, 4.69) is 5.32 Å². The number of halogens is 2. The Morgan fingerprint density at radius 3 is 2.81 bits per heavy atom. The molecule has 1 aliphatic rings. The third-order valence-electron chi connectivity index (χ3n) is 3.49. The van der Waals surface area contributed by atoms with Crippen molar-refractivity contribution in [2.24, 2.45) is 0 Å². The number of carboxylic acid groups (broad SMARTS) is 1. The first-order chi connectivity index (χ1) is 10.0. The molecule has 0 bridgehead atoms. The van der Waals surface area contributed by atoms with Crippen molar-refractivity contribution < 1.29 is 19.1 Å². The minimum Gasteiger partial charge on any atom is -0.480 e. The van der Waals surface area contributed by atoms with Gasteiger partial charge in [-0.2, -0.15) is 0 Å². The number of hydrogen-bond donors (Lipinski definition) is 2. The van der Waals surface area contributed by atoms with Gasteiger partial charge in [-0.05, 0) is 25.0 Å². The van der Waals surface area contributed by atoms with Gasteiger partial charge >= 0.3 is 12.0 Å². The summed E-state index contributed by atoms with van der Waals surface area (Å²) < 4.78 is 13.8. The molecular formula is C14H16ClFN2O3. The van der Waals surface area contributed by atoms with Crippen LogP contribution in [0.4, 0.5) is 14.9 Å². The Labute approximate surface area is 126 Å². The summed E-state index contributed by atoms with van der Waals surface area (Å²) in [5.41, 5.74) is -0.0547. The van der Waals surface area contributed by atoms with E-state index in [0.717, 1.165) is 19.3 Å². The molecule has 1 heterocycles. The van der Waals surface area contributed by atoms with E-state index < -0.39 is 23.9 Å². The van der Waals surface area contributed by atoms with Crippen LogP contribution in [0.15, 0.2) is 18.2 Å². The Morgan fingerprint density at radius 1 is 1.33 bits per heavy atom. The van der Waals surface area contributed by atoms with Crippen LogP contribution >= 0.6 is 11.6 Å². The van der Waals surface area contributed by atoms with Crippen LogP contribution in [0.3, 0.4) is 0 Å². The number of carbonyl (C=O) groups is 2. The molecule has 1 saturated heterocycles. The predicted octanol–water partition coefficient (Wildman–Crippen LogP) is 3.34. The van der Waals surface area contributed by atoms with Crippen LogP contribution in [-0.2, 0) is 4.79 Å². The third-order valence-corrected chi connectivity index (χ3v) is 3.78. The SMILES string of the molecule is O=C(O)C1CCCCCN1C(=O)Nc1cccc(Cl)c1F. The molecule has 21 heavy (non-hydrogen) atoms. The third kappa shape index (κ3) is 3.64. The molecule has 1 aromatic carbocycles. The van der Waals surface area contributed by atoms with Crippen molar-refractivity contribution in [2.75, 3.05) is 11.9 Å². The molecule has 2 N–H and O–H groups in total. The van der Waals surface area contributed by atoms with Crippen molar-refractivity contribution in [3.63, 3.8) is 0 Å². The molecule has 0 aliphatic carbocycles. The molecule has 114 valence electrons. The van der Waals surface area contributed by atoms with Gasteiger partial charge in [0.05, 0.1) is 10.7 Å². The zero-order valence-corrected chi connectivity index (χ0v) is 12.1. The molecule has 0 spiro atoms. The maximum Gasteiger partial charge on any atom is 0.326 e. The van der Waals surface area contributed by atoms with Gasteiger partial charge in [-0.1, -0.05) is 30.5 Å². The molecule has 2 amide bonds. The lowest BCUT2D eigenvalue weighted by Gasteiger charge is -2.27. The van der Waals surface area contributed by atoms with Crippen molar-refractivity contribution in [1.82, 2.24) is 4.90 Å². The average molecular weight is 315 g/mol. The highest BCUT2D eigenvalue weighted by molar-refractivity contribution is 6.31. The second-order valence-corrected chi connectivity index (χ2v) is 5.34. The number of carbonyl (C=O) groups excluding carboxylic acids is 1. The highest BCUT2D eigenvalue weighted by atomic mass is 35.5. The average Bonchev–Trinajstić information content (AvgIpc) is 2.69. The number of urea groups is 1. The van der Waals surface area contributed by atoms with Gasteiger partial charge in [0.1, 0.15) is 6.04 Å². The van der Waals surface area contributed by atoms with Crippen LogP contribution in [0.5, 0.6) is 0 Å². The molecule has 1 atom stereocenters. The Balaban J connectivity index is 2.17. The van der Waals surface area contributed by atoms with Gasteiger partial charge in [-0.3, -0.25) is 0 Å². The zero-order valence-electron chi connectivity index (χ0n) is 11.3. The number of likely N-dealkylation sites (tertiary alicyclic amines) is 1. The molecule has 1 aromatic rings. The monoisotopic (exact) mass is 314 g/mol. The van der Waals surface area contributed by atoms with Crippen molar-refractivity contribution in [2.45, 2.75) is 31.7 Å². The highest BCUT2D eigenvalue weighted by Crippen LogP contribution is 2.23. The molecule has 0 radical (unpaired) electrons. The fourth-order valence-electron chi connectivity index (χ4n) is 2.40. The van der Waals surface area contributed by atoms with Gasteiger partial charge in [0.15, 0.2) is 5.82 Å². The first-order valence-corrected chi connectivity index (χ1v) is 7.13. The van der Waals surface area contributed by atoms with Crippen molar-refractivity contribution >= 4 is 29.3 Å². The van der Waals surface area contributed by atoms with Gasteiger partial charge < -0.3 is 15.3 Å². The van der Waals surface area contributed by atoms with Crippen LogP contribution in [0, 0.1) is 5.82 Å². The lowest BCUT2D eigenvalue weighted by atomic mass is 10.1. The maximum absolute atomic E-state index is 13.8. The molecular weight excluding hydrogens is 299 g/mol. The topological polar surface area (TPSA) is 69.6 Å². The first-order valence-electron chi connectivity index (χ1n) is 6.75. The highest BCUT2D eigenvalue weighted by Gasteiger charge is 2.31. The van der Waals surface area contributed by atoms with Crippen LogP contribution in [0.25, 0.3) is 0 Å². The van der Waals surface area contributed by atoms with Gasteiger partial charge in [0.25, 0.3) is 0 Å². The second kappa shape index (κ2) is 6.76. The molecule has 1 unspecified atom stereocenters. The maximum atomic E-state index is 13.8. The molecule has 0 saturated carbocycles. The Kier molecular flexibility index (Phi) is 5.01. The quantitative estimate of drug-likeness (QED) is 0.879. The van der Waals surface area contributed by atoms with Crippen molar-refractivity contribution in [3.8, 4) is 0 Å².